The number of rotatable bonds is 5. The summed E-state index contributed by atoms with van der Waals surface area (Å²) in [5, 5.41) is 10.1. The number of carbonyl (C=O) groups excluding carboxylic acids is 1. The molecule has 1 atom stereocenters. The third-order valence-corrected chi connectivity index (χ3v) is 2.95. The smallest absolute Gasteiger partial charge is 0.255 e. The van der Waals surface area contributed by atoms with Crippen LogP contribution in [-0.4, -0.2) is 33.8 Å². The Balaban J connectivity index is 2.04. The molecule has 0 saturated carbocycles. The van der Waals surface area contributed by atoms with E-state index in [2.05, 4.69) is 20.7 Å². The molecular weight excluding hydrogens is 254 g/mol. The van der Waals surface area contributed by atoms with Gasteiger partial charge in [0.15, 0.2) is 0 Å². The van der Waals surface area contributed by atoms with Crippen LogP contribution >= 0.6 is 0 Å². The molecule has 0 spiro atoms. The molecule has 0 aliphatic rings. The van der Waals surface area contributed by atoms with Crippen LogP contribution in [0.5, 0.6) is 0 Å². The third-order valence-electron chi connectivity index (χ3n) is 2.95. The van der Waals surface area contributed by atoms with Gasteiger partial charge in [0.1, 0.15) is 0 Å². The van der Waals surface area contributed by atoms with Crippen LogP contribution in [0, 0.1) is 6.92 Å². The van der Waals surface area contributed by atoms with Crippen molar-refractivity contribution in [2.75, 3.05) is 12.4 Å². The highest BCUT2D eigenvalue weighted by Crippen LogP contribution is 2.15. The Labute approximate surface area is 118 Å². The highest BCUT2D eigenvalue weighted by molar-refractivity contribution is 5.99. The van der Waals surface area contributed by atoms with E-state index in [1.165, 1.54) is 0 Å². The maximum atomic E-state index is 12.3. The van der Waals surface area contributed by atoms with E-state index in [-0.39, 0.29) is 11.9 Å². The average molecular weight is 273 g/mol. The molecule has 2 aromatic heterocycles. The maximum absolute atomic E-state index is 12.3. The molecule has 1 amide bonds. The summed E-state index contributed by atoms with van der Waals surface area (Å²) in [6.45, 7) is 4.47. The van der Waals surface area contributed by atoms with E-state index >= 15 is 0 Å². The van der Waals surface area contributed by atoms with Gasteiger partial charge >= 0.3 is 0 Å². The van der Waals surface area contributed by atoms with Crippen molar-refractivity contribution in [2.24, 2.45) is 0 Å². The second kappa shape index (κ2) is 6.18. The number of nitrogens with zero attached hydrogens (tertiary/aromatic N) is 3. The lowest BCUT2D eigenvalue weighted by Gasteiger charge is -2.15. The van der Waals surface area contributed by atoms with Gasteiger partial charge in [0.25, 0.3) is 5.91 Å². The van der Waals surface area contributed by atoms with Gasteiger partial charge in [-0.05, 0) is 26.0 Å². The monoisotopic (exact) mass is 273 g/mol. The molecule has 0 fully saturated rings. The minimum Gasteiger partial charge on any atom is -0.387 e. The first-order chi connectivity index (χ1) is 9.60. The highest BCUT2D eigenvalue weighted by Gasteiger charge is 2.14. The molecule has 2 heterocycles. The molecule has 0 radical (unpaired) electrons. The minimum atomic E-state index is -0.137. The molecule has 0 aliphatic carbocycles. The fourth-order valence-corrected chi connectivity index (χ4v) is 1.98. The van der Waals surface area contributed by atoms with Gasteiger partial charge in [0.05, 0.1) is 17.8 Å². The average Bonchev–Trinajstić information content (AvgIpc) is 2.90. The molecule has 6 nitrogen and oxygen atoms in total. The van der Waals surface area contributed by atoms with Crippen LogP contribution in [0.15, 0.2) is 30.7 Å². The van der Waals surface area contributed by atoms with Crippen molar-refractivity contribution in [1.82, 2.24) is 20.1 Å². The van der Waals surface area contributed by atoms with Crippen LogP contribution < -0.4 is 10.6 Å². The van der Waals surface area contributed by atoms with Gasteiger partial charge in [-0.3, -0.25) is 14.5 Å². The summed E-state index contributed by atoms with van der Waals surface area (Å²) < 4.78 is 1.79. The lowest BCUT2D eigenvalue weighted by molar-refractivity contribution is 0.0936. The van der Waals surface area contributed by atoms with Gasteiger partial charge in [-0.2, -0.15) is 5.10 Å². The van der Waals surface area contributed by atoms with Gasteiger partial charge in [-0.15, -0.1) is 0 Å². The number of aryl methyl sites for hydroxylation is 1. The minimum absolute atomic E-state index is 0.0200. The molecule has 106 valence electrons. The van der Waals surface area contributed by atoms with Gasteiger partial charge < -0.3 is 10.6 Å². The molecule has 2 aromatic rings. The summed E-state index contributed by atoms with van der Waals surface area (Å²) in [7, 11) is 1.79. The first-order valence-electron chi connectivity index (χ1n) is 6.53. The Morgan fingerprint density at radius 2 is 2.30 bits per heavy atom. The Bertz CT molecular complexity index is 579. The molecule has 0 aromatic carbocycles. The van der Waals surface area contributed by atoms with E-state index in [9.17, 15) is 4.79 Å². The first-order valence-corrected chi connectivity index (χ1v) is 6.53. The van der Waals surface area contributed by atoms with Crippen molar-refractivity contribution < 1.29 is 4.79 Å². The van der Waals surface area contributed by atoms with Crippen molar-refractivity contribution in [3.05, 3.63) is 42.0 Å². The molecule has 6 heteroatoms. The summed E-state index contributed by atoms with van der Waals surface area (Å²) in [6.07, 6.45) is 5.18. The van der Waals surface area contributed by atoms with Crippen LogP contribution in [0.25, 0.3) is 0 Å². The van der Waals surface area contributed by atoms with Gasteiger partial charge in [-0.25, -0.2) is 0 Å². The van der Waals surface area contributed by atoms with E-state index in [0.717, 1.165) is 11.4 Å². The number of pyridine rings is 1. The number of anilines is 1. The maximum Gasteiger partial charge on any atom is 0.255 e. The number of amides is 1. The fraction of sp³-hybridized carbons (Fsp3) is 0.357. The van der Waals surface area contributed by atoms with E-state index in [1.54, 1.807) is 24.1 Å². The number of hydrogen-bond acceptors (Lipinski definition) is 4. The predicted octanol–water partition coefficient (Wildman–Crippen LogP) is 1.45. The highest BCUT2D eigenvalue weighted by atomic mass is 16.1. The quantitative estimate of drug-likeness (QED) is 0.865. The van der Waals surface area contributed by atoms with Crippen LogP contribution in [-0.2, 0) is 6.54 Å². The van der Waals surface area contributed by atoms with Crippen LogP contribution in [0.2, 0.25) is 0 Å². The molecule has 1 unspecified atom stereocenters. The lowest BCUT2D eigenvalue weighted by Crippen LogP contribution is -2.36. The zero-order valence-electron chi connectivity index (χ0n) is 11.9. The zero-order chi connectivity index (χ0) is 14.5. The Kier molecular flexibility index (Phi) is 4.34. The van der Waals surface area contributed by atoms with Crippen molar-refractivity contribution >= 4 is 11.6 Å². The molecule has 0 aliphatic heterocycles. The standard InChI is InChI=1S/C14H19N5O/c1-10-7-13(15-3)12(8-16-10)14(20)18-11(2)9-19-6-4-5-17-19/h4-8,11H,9H2,1-3H3,(H,15,16)(H,18,20). The zero-order valence-corrected chi connectivity index (χ0v) is 11.9. The van der Waals surface area contributed by atoms with E-state index in [1.807, 2.05) is 32.2 Å². The fourth-order valence-electron chi connectivity index (χ4n) is 1.98. The predicted molar refractivity (Wildman–Crippen MR) is 77.7 cm³/mol. The topological polar surface area (TPSA) is 71.8 Å². The summed E-state index contributed by atoms with van der Waals surface area (Å²) in [5.41, 5.74) is 2.20. The SMILES string of the molecule is CNc1cc(C)ncc1C(=O)NC(C)Cn1cccn1. The number of hydrogen-bond donors (Lipinski definition) is 2. The van der Waals surface area contributed by atoms with Crippen LogP contribution in [0.4, 0.5) is 5.69 Å². The summed E-state index contributed by atoms with van der Waals surface area (Å²) in [5.74, 6) is -0.137. The van der Waals surface area contributed by atoms with Crippen LogP contribution in [0.3, 0.4) is 0 Å². The van der Waals surface area contributed by atoms with Gasteiger partial charge in [0.2, 0.25) is 0 Å². The Morgan fingerprint density at radius 1 is 1.50 bits per heavy atom. The van der Waals surface area contributed by atoms with Crippen molar-refractivity contribution in [3.8, 4) is 0 Å². The van der Waals surface area contributed by atoms with Crippen molar-refractivity contribution in [1.29, 1.82) is 0 Å². The number of nitrogens with one attached hydrogen (secondary N) is 2. The molecule has 0 bridgehead atoms. The molecule has 0 saturated heterocycles. The van der Waals surface area contributed by atoms with E-state index in [0.29, 0.717) is 12.1 Å². The molecule has 2 N–H and O–H groups in total. The largest absolute Gasteiger partial charge is 0.387 e. The van der Waals surface area contributed by atoms with Gasteiger partial charge in [-0.1, -0.05) is 0 Å². The Hall–Kier alpha value is -2.37. The van der Waals surface area contributed by atoms with E-state index in [4.69, 9.17) is 0 Å². The summed E-state index contributed by atoms with van der Waals surface area (Å²) in [6, 6.07) is 3.69. The third kappa shape index (κ3) is 3.34. The molecule has 2 rings (SSSR count). The van der Waals surface area contributed by atoms with Gasteiger partial charge in [0, 0.05) is 37.4 Å². The number of aromatic nitrogens is 3. The van der Waals surface area contributed by atoms with Crippen LogP contribution in [0.1, 0.15) is 23.0 Å². The first kappa shape index (κ1) is 14.0. The van der Waals surface area contributed by atoms with E-state index < -0.39 is 0 Å². The Morgan fingerprint density at radius 3 is 2.95 bits per heavy atom. The summed E-state index contributed by atoms with van der Waals surface area (Å²) >= 11 is 0. The van der Waals surface area contributed by atoms with Crippen molar-refractivity contribution in [3.63, 3.8) is 0 Å². The second-order valence-electron chi connectivity index (χ2n) is 4.72. The molecular formula is C14H19N5O. The summed E-state index contributed by atoms with van der Waals surface area (Å²) in [4.78, 5) is 16.4. The van der Waals surface area contributed by atoms with Crippen molar-refractivity contribution in [2.45, 2.75) is 26.4 Å². The molecule has 20 heavy (non-hydrogen) atoms. The second-order valence-corrected chi connectivity index (χ2v) is 4.72. The number of carbonyl (C=O) groups is 1. The lowest BCUT2D eigenvalue weighted by atomic mass is 10.2. The normalized spacial score (nSPS) is 11.9.